The quantitative estimate of drug-likeness (QED) is 0.143. The molecule has 2 aromatic carbocycles. The highest BCUT2D eigenvalue weighted by Crippen LogP contribution is 2.55. The highest BCUT2D eigenvalue weighted by Gasteiger charge is 2.60. The third kappa shape index (κ3) is 7.26. The fraction of sp³-hybridized carbons (Fsp3) is 0.625. The number of rotatable bonds is 10. The fourth-order valence-corrected chi connectivity index (χ4v) is 10.7. The lowest BCUT2D eigenvalue weighted by atomic mass is 9.74. The molecule has 360 valence electrons. The third-order valence-corrected chi connectivity index (χ3v) is 15.4. The van der Waals surface area contributed by atoms with Crippen LogP contribution < -0.4 is 5.43 Å². The Morgan fingerprint density at radius 2 is 1.50 bits per heavy atom. The highest BCUT2D eigenvalue weighted by atomic mass is 16.7. The third-order valence-electron chi connectivity index (χ3n) is 15.4. The maximum absolute atomic E-state index is 15.2. The van der Waals surface area contributed by atoms with E-state index in [0.29, 0.717) is 6.42 Å². The van der Waals surface area contributed by atoms with E-state index in [2.05, 4.69) is 0 Å². The van der Waals surface area contributed by atoms with Crippen LogP contribution in [0, 0.1) is 5.92 Å². The lowest BCUT2D eigenvalue weighted by molar-refractivity contribution is -0.300. The zero-order valence-electron chi connectivity index (χ0n) is 39.0. The number of aromatic hydroxyl groups is 1. The van der Waals surface area contributed by atoms with Crippen LogP contribution in [-0.4, -0.2) is 156 Å². The molecule has 0 radical (unpaired) electrons. The average Bonchev–Trinajstić information content (AvgIpc) is 3.91. The molecule has 5 N–H and O–H groups in total. The van der Waals surface area contributed by atoms with Crippen LogP contribution >= 0.6 is 0 Å². The summed E-state index contributed by atoms with van der Waals surface area (Å²) >= 11 is 0. The van der Waals surface area contributed by atoms with Crippen molar-refractivity contribution in [3.8, 4) is 5.75 Å². The smallest absolute Gasteiger partial charge is 0.345 e. The second-order valence-electron chi connectivity index (χ2n) is 19.4. The Balaban J connectivity index is 1.25. The molecule has 1 unspecified atom stereocenters. The molecule has 4 heterocycles. The number of benzene rings is 2. The van der Waals surface area contributed by atoms with Gasteiger partial charge in [0.2, 0.25) is 11.4 Å². The Morgan fingerprint density at radius 3 is 2.11 bits per heavy atom. The Morgan fingerprint density at radius 1 is 0.833 bits per heavy atom. The topological polar surface area (TPSA) is 250 Å². The summed E-state index contributed by atoms with van der Waals surface area (Å²) < 4.78 is 47.6. The first-order valence-electron chi connectivity index (χ1n) is 22.3. The van der Waals surface area contributed by atoms with Gasteiger partial charge in [-0.15, -0.1) is 0 Å². The van der Waals surface area contributed by atoms with Crippen molar-refractivity contribution in [1.29, 1.82) is 0 Å². The molecule has 1 saturated carbocycles. The van der Waals surface area contributed by atoms with Crippen LogP contribution in [0.25, 0.3) is 11.0 Å². The van der Waals surface area contributed by atoms with Gasteiger partial charge in [-0.2, -0.15) is 0 Å². The normalized spacial score (nSPS) is 37.6. The number of phenols is 1. The van der Waals surface area contributed by atoms with Crippen molar-refractivity contribution in [2.24, 2.45) is 5.92 Å². The molecule has 0 spiro atoms. The molecular formula is C48H61NO17. The van der Waals surface area contributed by atoms with Crippen LogP contribution in [-0.2, 0) is 49.0 Å². The van der Waals surface area contributed by atoms with Gasteiger partial charge in [-0.25, -0.2) is 4.79 Å². The van der Waals surface area contributed by atoms with E-state index < -0.39 is 141 Å². The molecule has 3 aromatic rings. The second-order valence-corrected chi connectivity index (χ2v) is 19.4. The number of likely N-dealkylation sites (N-methyl/N-ethyl adjacent to an activating group) is 1. The summed E-state index contributed by atoms with van der Waals surface area (Å²) in [5, 5.41) is 57.4. The number of nitrogens with zero attached hydrogens (tertiary/aromatic N) is 1. The molecule has 2 aliphatic carbocycles. The molecule has 18 heteroatoms. The van der Waals surface area contributed by atoms with Gasteiger partial charge in [-0.1, -0.05) is 19.9 Å². The summed E-state index contributed by atoms with van der Waals surface area (Å²) in [4.78, 5) is 60.6. The first kappa shape index (κ1) is 48.3. The zero-order chi connectivity index (χ0) is 48.3. The number of ether oxygens (including phenoxy) is 7. The van der Waals surface area contributed by atoms with Gasteiger partial charge in [0.05, 0.1) is 54.1 Å². The lowest BCUT2D eigenvalue weighted by Crippen LogP contribution is -2.65. The van der Waals surface area contributed by atoms with E-state index in [1.165, 1.54) is 39.3 Å². The van der Waals surface area contributed by atoms with Crippen molar-refractivity contribution in [3.63, 3.8) is 0 Å². The summed E-state index contributed by atoms with van der Waals surface area (Å²) in [7, 11) is 7.46. The zero-order valence-corrected chi connectivity index (χ0v) is 39.0. The Hall–Kier alpha value is -4.18. The van der Waals surface area contributed by atoms with Gasteiger partial charge < -0.3 is 68.0 Å². The average molecular weight is 924 g/mol. The first-order chi connectivity index (χ1) is 31.0. The van der Waals surface area contributed by atoms with Crippen molar-refractivity contribution in [2.45, 2.75) is 151 Å². The van der Waals surface area contributed by atoms with Crippen molar-refractivity contribution in [3.05, 3.63) is 73.6 Å². The van der Waals surface area contributed by atoms with Gasteiger partial charge in [0.25, 0.3) is 0 Å². The van der Waals surface area contributed by atoms with E-state index >= 15 is 4.79 Å². The fourth-order valence-electron chi connectivity index (χ4n) is 10.7. The summed E-state index contributed by atoms with van der Waals surface area (Å²) in [6, 6.07) is 5.12. The van der Waals surface area contributed by atoms with Crippen molar-refractivity contribution in [2.75, 3.05) is 35.4 Å². The van der Waals surface area contributed by atoms with Gasteiger partial charge in [-0.05, 0) is 72.7 Å². The van der Waals surface area contributed by atoms with Gasteiger partial charge >= 0.3 is 5.97 Å². The molecule has 0 amide bonds. The number of carbonyl (C=O) groups is 3. The molecule has 1 aromatic heterocycles. The maximum atomic E-state index is 15.2. The summed E-state index contributed by atoms with van der Waals surface area (Å²) in [5.41, 5.74) is -7.41. The number of methoxy groups -OCH3 is 3. The van der Waals surface area contributed by atoms with Crippen LogP contribution in [0.3, 0.4) is 0 Å². The Kier molecular flexibility index (Phi) is 12.5. The van der Waals surface area contributed by atoms with E-state index in [4.69, 9.17) is 37.6 Å². The number of esters is 1. The molecule has 5 aliphatic rings. The largest absolute Gasteiger partial charge is 0.507 e. The van der Waals surface area contributed by atoms with Crippen molar-refractivity contribution in [1.82, 2.24) is 4.90 Å². The molecule has 0 bridgehead atoms. The Labute approximate surface area is 381 Å². The van der Waals surface area contributed by atoms with Gasteiger partial charge in [0, 0.05) is 59.9 Å². The van der Waals surface area contributed by atoms with Crippen LogP contribution in [0.2, 0.25) is 0 Å². The maximum Gasteiger partial charge on any atom is 0.345 e. The first-order valence-corrected chi connectivity index (χ1v) is 22.3. The standard InChI is InChI=1S/C48H61NO17/c1-19-17-46(19,5)30-15-27(50)34-26(48(58,45(57)61-11)44-40(56)42(60-10)36(52)21(3)64-44)14-25-33(41(34)65-30)39(55)32-24(37(25)53)13-12-23(38(32)54)29-18-47(6,49(7)8)43(22(4)62-29)66-31-16-28(59-9)35(51)20(2)63-31/h12-15,19-22,28-29,31,35-36,40,42-44,51-52,54,56,58H,16-18H2,1-11H3/t19-,20+,21+,22-,28-,29+,31+,35+,36+,40-,42+,43+,44-,46+,47-,48?/m0/s1. The number of phenolic OH excluding ortho intramolecular Hbond substituents is 1. The van der Waals surface area contributed by atoms with E-state index in [-0.39, 0.29) is 46.8 Å². The number of carbonyl (C=O) groups excluding carboxylic acids is 3. The SMILES string of the molecule is COC(=O)C(O)(c1cc2c(c3oc([C@]4(C)C[C@@H]4C)cc(=O)c13)C(=O)c1c(ccc([C@H]3C[C@](C)(N(C)C)[C@H](O[C@@H]4C[C@H](OC)[C@H](O)[C@@H](C)O4)[C@H](C)O3)c1O)C2=O)[C@H]1O[C@H](C)[C@@H](O)[C@@H](OC)[C@@H]1O. The van der Waals surface area contributed by atoms with Crippen molar-refractivity contribution >= 4 is 28.5 Å². The van der Waals surface area contributed by atoms with Gasteiger partial charge in [0.1, 0.15) is 53.7 Å². The molecule has 3 saturated heterocycles. The van der Waals surface area contributed by atoms with Crippen LogP contribution in [0.5, 0.6) is 5.75 Å². The molecular weight excluding hydrogens is 863 g/mol. The summed E-state index contributed by atoms with van der Waals surface area (Å²) in [5.74, 6) is -3.37. The minimum Gasteiger partial charge on any atom is -0.507 e. The van der Waals surface area contributed by atoms with E-state index in [0.717, 1.165) is 13.2 Å². The minimum atomic E-state index is -3.07. The summed E-state index contributed by atoms with van der Waals surface area (Å²) in [6.45, 7) is 10.8. The molecule has 4 fully saturated rings. The lowest BCUT2D eigenvalue weighted by Gasteiger charge is -2.52. The summed E-state index contributed by atoms with van der Waals surface area (Å²) in [6.07, 6.45) is -11.3. The number of ketones is 2. The van der Waals surface area contributed by atoms with Crippen LogP contribution in [0.1, 0.15) is 116 Å². The van der Waals surface area contributed by atoms with E-state index in [9.17, 15) is 39.9 Å². The molecule has 66 heavy (non-hydrogen) atoms. The van der Waals surface area contributed by atoms with Crippen molar-refractivity contribution < 1.29 is 77.5 Å². The van der Waals surface area contributed by atoms with Gasteiger partial charge in [-0.3, -0.25) is 14.4 Å². The second kappa shape index (κ2) is 17.1. The number of fused-ring (bicyclic) bond motifs is 4. The number of aliphatic hydroxyl groups is 4. The predicted octanol–water partition coefficient (Wildman–Crippen LogP) is 2.52. The molecule has 8 rings (SSSR count). The number of aliphatic hydroxyl groups excluding tert-OH is 3. The Bertz CT molecular complexity index is 2510. The predicted molar refractivity (Wildman–Crippen MR) is 232 cm³/mol. The highest BCUT2D eigenvalue weighted by molar-refractivity contribution is 6.32. The van der Waals surface area contributed by atoms with Crippen LogP contribution in [0.15, 0.2) is 33.5 Å². The number of hydrogen-bond acceptors (Lipinski definition) is 18. The monoisotopic (exact) mass is 923 g/mol. The minimum absolute atomic E-state index is 0.0584. The van der Waals surface area contributed by atoms with E-state index in [1.54, 1.807) is 6.92 Å². The van der Waals surface area contributed by atoms with Crippen LogP contribution in [0.4, 0.5) is 0 Å². The molecule has 3 aliphatic heterocycles. The molecule has 18 nitrogen and oxygen atoms in total. The molecule has 16 atom stereocenters. The number of hydrogen-bond donors (Lipinski definition) is 5. The van der Waals surface area contributed by atoms with E-state index in [1.807, 2.05) is 46.7 Å². The van der Waals surface area contributed by atoms with Gasteiger partial charge in [0.15, 0.2) is 17.5 Å².